The maximum atomic E-state index is 13.6. The van der Waals surface area contributed by atoms with E-state index < -0.39 is 0 Å². The Kier molecular flexibility index (Phi) is 6.26. The van der Waals surface area contributed by atoms with Crippen LogP contribution in [0.3, 0.4) is 0 Å². The Labute approximate surface area is 170 Å². The molecule has 3 aromatic rings. The van der Waals surface area contributed by atoms with Gasteiger partial charge in [0.05, 0.1) is 6.20 Å². The van der Waals surface area contributed by atoms with Crippen LogP contribution in [0.1, 0.15) is 11.3 Å². The molecule has 0 bridgehead atoms. The maximum Gasteiger partial charge on any atom is 0.155 e. The number of anilines is 1. The first-order valence-corrected chi connectivity index (χ1v) is 9.13. The van der Waals surface area contributed by atoms with E-state index in [-0.39, 0.29) is 18.2 Å². The molecule has 6 nitrogen and oxygen atoms in total. The number of piperazine rings is 1. The molecule has 1 fully saturated rings. The molecule has 1 aromatic carbocycles. The molecule has 8 heteroatoms. The van der Waals surface area contributed by atoms with Crippen LogP contribution in [0.4, 0.5) is 10.2 Å². The lowest BCUT2D eigenvalue weighted by Gasteiger charge is -2.35. The van der Waals surface area contributed by atoms with Crippen molar-refractivity contribution in [3.05, 3.63) is 59.9 Å². The molecule has 0 unspecified atom stereocenters. The highest BCUT2D eigenvalue weighted by molar-refractivity contribution is 5.85. The van der Waals surface area contributed by atoms with Crippen LogP contribution in [0.2, 0.25) is 0 Å². The van der Waals surface area contributed by atoms with Gasteiger partial charge in [0.15, 0.2) is 5.82 Å². The number of aryl methyl sites for hydroxylation is 1. The van der Waals surface area contributed by atoms with Crippen LogP contribution < -0.4 is 4.90 Å². The smallest absolute Gasteiger partial charge is 0.155 e. The molecule has 28 heavy (non-hydrogen) atoms. The van der Waals surface area contributed by atoms with Gasteiger partial charge in [-0.1, -0.05) is 12.1 Å². The first kappa shape index (κ1) is 20.2. The summed E-state index contributed by atoms with van der Waals surface area (Å²) in [6.07, 6.45) is 5.31. The van der Waals surface area contributed by atoms with Crippen molar-refractivity contribution in [1.82, 2.24) is 24.6 Å². The van der Waals surface area contributed by atoms with Gasteiger partial charge in [0.1, 0.15) is 11.5 Å². The summed E-state index contributed by atoms with van der Waals surface area (Å²) in [5.41, 5.74) is 3.96. The van der Waals surface area contributed by atoms with Crippen LogP contribution in [0.25, 0.3) is 11.3 Å². The molecule has 2 aromatic heterocycles. The van der Waals surface area contributed by atoms with E-state index in [2.05, 4.69) is 31.8 Å². The Morgan fingerprint density at radius 3 is 2.50 bits per heavy atom. The fourth-order valence-corrected chi connectivity index (χ4v) is 3.46. The molecule has 1 aliphatic heterocycles. The van der Waals surface area contributed by atoms with Crippen molar-refractivity contribution in [3.63, 3.8) is 0 Å². The Bertz CT molecular complexity index is 936. The molecule has 0 atom stereocenters. The molecule has 0 spiro atoms. The first-order chi connectivity index (χ1) is 13.1. The minimum absolute atomic E-state index is 0. The van der Waals surface area contributed by atoms with E-state index in [9.17, 15) is 4.39 Å². The zero-order valence-electron chi connectivity index (χ0n) is 16.0. The summed E-state index contributed by atoms with van der Waals surface area (Å²) in [6, 6.07) is 6.53. The third-order valence-corrected chi connectivity index (χ3v) is 5.18. The number of hydrogen-bond donors (Lipinski definition) is 0. The fraction of sp³-hybridized carbons (Fsp3) is 0.350. The van der Waals surface area contributed by atoms with E-state index in [1.807, 2.05) is 24.0 Å². The van der Waals surface area contributed by atoms with Crippen LogP contribution in [0, 0.1) is 12.7 Å². The van der Waals surface area contributed by atoms with Crippen molar-refractivity contribution in [1.29, 1.82) is 0 Å². The quantitative estimate of drug-likeness (QED) is 0.671. The summed E-state index contributed by atoms with van der Waals surface area (Å²) < 4.78 is 15.6. The van der Waals surface area contributed by atoms with E-state index in [0.717, 1.165) is 49.8 Å². The van der Waals surface area contributed by atoms with E-state index in [0.29, 0.717) is 0 Å². The van der Waals surface area contributed by atoms with E-state index in [4.69, 9.17) is 0 Å². The predicted octanol–water partition coefficient (Wildman–Crippen LogP) is 3.07. The topological polar surface area (TPSA) is 50.1 Å². The van der Waals surface area contributed by atoms with Gasteiger partial charge in [0.25, 0.3) is 0 Å². The lowest BCUT2D eigenvalue weighted by atomic mass is 10.1. The number of hydrogen-bond acceptors (Lipinski definition) is 5. The number of rotatable bonds is 4. The van der Waals surface area contributed by atoms with Crippen molar-refractivity contribution < 1.29 is 4.39 Å². The fourth-order valence-electron chi connectivity index (χ4n) is 3.46. The highest BCUT2D eigenvalue weighted by Crippen LogP contribution is 2.28. The van der Waals surface area contributed by atoms with E-state index in [1.54, 1.807) is 18.5 Å². The van der Waals surface area contributed by atoms with Gasteiger partial charge in [-0.3, -0.25) is 14.6 Å². The first-order valence-electron chi connectivity index (χ1n) is 9.13. The summed E-state index contributed by atoms with van der Waals surface area (Å²) in [6.45, 7) is 6.61. The predicted molar refractivity (Wildman–Crippen MR) is 110 cm³/mol. The summed E-state index contributed by atoms with van der Waals surface area (Å²) >= 11 is 0. The van der Waals surface area contributed by atoms with Gasteiger partial charge >= 0.3 is 0 Å². The molecule has 0 saturated carbocycles. The van der Waals surface area contributed by atoms with Crippen molar-refractivity contribution in [2.24, 2.45) is 7.05 Å². The highest BCUT2D eigenvalue weighted by Gasteiger charge is 2.22. The second-order valence-electron chi connectivity index (χ2n) is 6.88. The Morgan fingerprint density at radius 1 is 1.07 bits per heavy atom. The molecule has 1 saturated heterocycles. The van der Waals surface area contributed by atoms with Crippen LogP contribution in [0.5, 0.6) is 0 Å². The largest absolute Gasteiger partial charge is 0.352 e. The van der Waals surface area contributed by atoms with Crippen LogP contribution in [0.15, 0.2) is 42.9 Å². The van der Waals surface area contributed by atoms with Crippen LogP contribution >= 0.6 is 12.4 Å². The van der Waals surface area contributed by atoms with Crippen molar-refractivity contribution in [3.8, 4) is 11.3 Å². The maximum absolute atomic E-state index is 13.6. The molecule has 4 rings (SSSR count). The standard InChI is InChI=1S/C20H23FN6.ClH/c1-15-17(13-24-25(15)2)14-26-8-10-27(11-9-26)20-19(22-6-7-23-20)16-4-3-5-18(21)12-16;/h3-7,12-13H,8-11,14H2,1-2H3;1H. The number of nitrogens with zero attached hydrogens (tertiary/aromatic N) is 6. The van der Waals surface area contributed by atoms with Crippen LogP contribution in [-0.4, -0.2) is 50.8 Å². The lowest BCUT2D eigenvalue weighted by molar-refractivity contribution is 0.249. The summed E-state index contributed by atoms with van der Waals surface area (Å²) in [5.74, 6) is 0.557. The van der Waals surface area contributed by atoms with E-state index in [1.165, 1.54) is 23.4 Å². The molecular weight excluding hydrogens is 379 g/mol. The number of aromatic nitrogens is 4. The summed E-state index contributed by atoms with van der Waals surface area (Å²) in [7, 11) is 1.97. The van der Waals surface area contributed by atoms with Gasteiger partial charge in [-0.25, -0.2) is 9.37 Å². The summed E-state index contributed by atoms with van der Waals surface area (Å²) in [5, 5.41) is 4.33. The molecule has 0 N–H and O–H groups in total. The van der Waals surface area contributed by atoms with Crippen molar-refractivity contribution >= 4 is 18.2 Å². The third kappa shape index (κ3) is 4.15. The average molecular weight is 403 g/mol. The minimum Gasteiger partial charge on any atom is -0.352 e. The van der Waals surface area contributed by atoms with Crippen molar-refractivity contribution in [2.75, 3.05) is 31.1 Å². The molecular formula is C20H24ClFN6. The second kappa shape index (κ2) is 8.67. The molecule has 1 aliphatic rings. The second-order valence-corrected chi connectivity index (χ2v) is 6.88. The molecule has 3 heterocycles. The normalized spacial score (nSPS) is 14.8. The Balaban J connectivity index is 0.00000225. The van der Waals surface area contributed by atoms with Gasteiger partial charge in [0, 0.05) is 69.0 Å². The van der Waals surface area contributed by atoms with Gasteiger partial charge in [-0.05, 0) is 19.1 Å². The van der Waals surface area contributed by atoms with Crippen molar-refractivity contribution in [2.45, 2.75) is 13.5 Å². The average Bonchev–Trinajstić information content (AvgIpc) is 3.01. The monoisotopic (exact) mass is 402 g/mol. The highest BCUT2D eigenvalue weighted by atomic mass is 35.5. The zero-order valence-corrected chi connectivity index (χ0v) is 16.9. The Hall–Kier alpha value is -2.51. The number of halogens is 2. The third-order valence-electron chi connectivity index (χ3n) is 5.18. The SMILES string of the molecule is Cc1c(CN2CCN(c3nccnc3-c3cccc(F)c3)CC2)cnn1C.Cl. The van der Waals surface area contributed by atoms with Crippen LogP contribution in [-0.2, 0) is 13.6 Å². The number of benzene rings is 1. The van der Waals surface area contributed by atoms with Gasteiger partial charge < -0.3 is 4.90 Å². The summed E-state index contributed by atoms with van der Waals surface area (Å²) in [4.78, 5) is 13.7. The molecule has 0 amide bonds. The van der Waals surface area contributed by atoms with E-state index >= 15 is 0 Å². The minimum atomic E-state index is -0.263. The molecule has 148 valence electrons. The molecule has 0 radical (unpaired) electrons. The van der Waals surface area contributed by atoms with Gasteiger partial charge in [-0.15, -0.1) is 12.4 Å². The Morgan fingerprint density at radius 2 is 1.82 bits per heavy atom. The zero-order chi connectivity index (χ0) is 18.8. The van der Waals surface area contributed by atoms with Gasteiger partial charge in [0.2, 0.25) is 0 Å². The lowest BCUT2D eigenvalue weighted by Crippen LogP contribution is -2.46. The molecule has 0 aliphatic carbocycles. The van der Waals surface area contributed by atoms with Gasteiger partial charge in [-0.2, -0.15) is 5.10 Å².